The Bertz CT molecular complexity index is 1110. The molecule has 2 amide bonds. The fourth-order valence-corrected chi connectivity index (χ4v) is 5.24. The largest absolute Gasteiger partial charge is 0.366 e. The number of nitrogens with zero attached hydrogens (tertiary/aromatic N) is 1. The van der Waals surface area contributed by atoms with Crippen molar-refractivity contribution in [2.75, 3.05) is 11.9 Å². The normalized spacial score (nSPS) is 11.1. The monoisotopic (exact) mass is 366 g/mol. The molecular formula is C19H14N2O2S2. The number of hydrogen-bond acceptors (Lipinski definition) is 4. The highest BCUT2D eigenvalue weighted by Crippen LogP contribution is 2.39. The van der Waals surface area contributed by atoms with Crippen LogP contribution in [-0.4, -0.2) is 18.9 Å². The van der Waals surface area contributed by atoms with Crippen LogP contribution in [0.4, 0.5) is 5.69 Å². The summed E-state index contributed by atoms with van der Waals surface area (Å²) in [5.74, 6) is -0.546. The van der Waals surface area contributed by atoms with E-state index >= 15 is 0 Å². The van der Waals surface area contributed by atoms with Gasteiger partial charge in [-0.25, -0.2) is 0 Å². The van der Waals surface area contributed by atoms with Crippen LogP contribution in [0.15, 0.2) is 54.6 Å². The van der Waals surface area contributed by atoms with Crippen LogP contribution in [0.5, 0.6) is 0 Å². The van der Waals surface area contributed by atoms with Gasteiger partial charge in [0.2, 0.25) is 5.91 Å². The summed E-state index contributed by atoms with van der Waals surface area (Å²) in [6.07, 6.45) is 0. The van der Waals surface area contributed by atoms with E-state index in [1.165, 1.54) is 21.4 Å². The fraction of sp³-hybridized carbons (Fsp3) is 0.0526. The minimum absolute atomic E-state index is 0.0655. The van der Waals surface area contributed by atoms with Crippen LogP contribution in [0.2, 0.25) is 0 Å². The number of carbonyl (C=O) groups is 2. The highest BCUT2D eigenvalue weighted by atomic mass is 32.1. The van der Waals surface area contributed by atoms with Crippen molar-refractivity contribution in [1.82, 2.24) is 0 Å². The minimum Gasteiger partial charge on any atom is -0.366 e. The van der Waals surface area contributed by atoms with E-state index in [1.807, 2.05) is 18.2 Å². The lowest BCUT2D eigenvalue weighted by Crippen LogP contribution is -2.25. The molecule has 0 aliphatic heterocycles. The molecule has 2 aromatic heterocycles. The van der Waals surface area contributed by atoms with E-state index in [0.717, 1.165) is 15.1 Å². The zero-order chi connectivity index (χ0) is 17.6. The summed E-state index contributed by atoms with van der Waals surface area (Å²) in [5, 5.41) is 1.19. The summed E-state index contributed by atoms with van der Waals surface area (Å²) in [6, 6.07) is 16.9. The maximum Gasteiger partial charge on any atom is 0.268 e. The lowest BCUT2D eigenvalue weighted by Gasteiger charge is -2.16. The molecule has 2 aromatic carbocycles. The van der Waals surface area contributed by atoms with Crippen LogP contribution >= 0.6 is 22.7 Å². The lowest BCUT2D eigenvalue weighted by atomic mass is 10.2. The van der Waals surface area contributed by atoms with E-state index in [9.17, 15) is 9.59 Å². The summed E-state index contributed by atoms with van der Waals surface area (Å²) < 4.78 is 3.52. The van der Waals surface area contributed by atoms with Crippen molar-refractivity contribution >= 4 is 59.7 Å². The molecule has 0 radical (unpaired) electrons. The quantitative estimate of drug-likeness (QED) is 0.580. The Morgan fingerprint density at radius 2 is 1.68 bits per heavy atom. The van der Waals surface area contributed by atoms with E-state index in [1.54, 1.807) is 47.5 Å². The van der Waals surface area contributed by atoms with Crippen molar-refractivity contribution in [3.8, 4) is 0 Å². The standard InChI is InChI=1S/C19H14N2O2S2/c1-21(12-8-6-11(7-9-12)18(20)22)19(23)16-10-15-17(25-16)13-4-2-3-5-14(13)24-15/h2-10H,1H3,(H2,20,22). The van der Waals surface area contributed by atoms with Gasteiger partial charge in [-0.3, -0.25) is 9.59 Å². The predicted octanol–water partition coefficient (Wildman–Crippen LogP) is 4.49. The lowest BCUT2D eigenvalue weighted by molar-refractivity contribution is 0.0991. The average molecular weight is 366 g/mol. The van der Waals surface area contributed by atoms with Gasteiger partial charge >= 0.3 is 0 Å². The van der Waals surface area contributed by atoms with Crippen molar-refractivity contribution in [2.45, 2.75) is 0 Å². The predicted molar refractivity (Wildman–Crippen MR) is 105 cm³/mol. The smallest absolute Gasteiger partial charge is 0.268 e. The van der Waals surface area contributed by atoms with Crippen LogP contribution in [0.1, 0.15) is 20.0 Å². The van der Waals surface area contributed by atoms with Crippen molar-refractivity contribution in [1.29, 1.82) is 0 Å². The number of primary amides is 1. The molecule has 0 unspecified atom stereocenters. The Kier molecular flexibility index (Phi) is 3.78. The van der Waals surface area contributed by atoms with Gasteiger partial charge < -0.3 is 10.6 Å². The van der Waals surface area contributed by atoms with Crippen LogP contribution in [0.3, 0.4) is 0 Å². The molecule has 0 atom stereocenters. The van der Waals surface area contributed by atoms with E-state index in [0.29, 0.717) is 10.4 Å². The van der Waals surface area contributed by atoms with Gasteiger partial charge in [-0.05, 0) is 36.4 Å². The van der Waals surface area contributed by atoms with Crippen molar-refractivity contribution in [2.24, 2.45) is 5.73 Å². The van der Waals surface area contributed by atoms with Crippen LogP contribution < -0.4 is 10.6 Å². The Hall–Kier alpha value is -2.70. The van der Waals surface area contributed by atoms with E-state index in [-0.39, 0.29) is 5.91 Å². The third-order valence-corrected chi connectivity index (χ3v) is 6.51. The molecule has 6 heteroatoms. The van der Waals surface area contributed by atoms with Crippen LogP contribution in [0, 0.1) is 0 Å². The van der Waals surface area contributed by atoms with Gasteiger partial charge in [0.1, 0.15) is 0 Å². The number of amides is 2. The minimum atomic E-state index is -0.481. The van der Waals surface area contributed by atoms with E-state index < -0.39 is 5.91 Å². The summed E-state index contributed by atoms with van der Waals surface area (Å²) in [6.45, 7) is 0. The molecule has 4 rings (SSSR count). The number of benzene rings is 2. The molecular weight excluding hydrogens is 352 g/mol. The summed E-state index contributed by atoms with van der Waals surface area (Å²) in [7, 11) is 1.73. The average Bonchev–Trinajstić information content (AvgIpc) is 3.18. The van der Waals surface area contributed by atoms with Crippen molar-refractivity contribution < 1.29 is 9.59 Å². The second-order valence-corrected chi connectivity index (χ2v) is 7.81. The Morgan fingerprint density at radius 3 is 2.40 bits per heavy atom. The summed E-state index contributed by atoms with van der Waals surface area (Å²) in [5.41, 5.74) is 6.39. The second-order valence-electron chi connectivity index (χ2n) is 5.68. The topological polar surface area (TPSA) is 63.4 Å². The molecule has 4 aromatic rings. The van der Waals surface area contributed by atoms with Crippen LogP contribution in [0.25, 0.3) is 19.5 Å². The number of fused-ring (bicyclic) bond motifs is 3. The molecule has 2 heterocycles. The molecule has 124 valence electrons. The molecule has 2 N–H and O–H groups in total. The molecule has 0 aliphatic carbocycles. The molecule has 0 saturated heterocycles. The van der Waals surface area contributed by atoms with Gasteiger partial charge in [0.05, 0.1) is 9.58 Å². The first-order valence-electron chi connectivity index (χ1n) is 7.63. The van der Waals surface area contributed by atoms with E-state index in [2.05, 4.69) is 12.1 Å². The first-order valence-corrected chi connectivity index (χ1v) is 9.27. The van der Waals surface area contributed by atoms with Gasteiger partial charge in [-0.1, -0.05) is 18.2 Å². The van der Waals surface area contributed by atoms with Gasteiger partial charge in [0.25, 0.3) is 5.91 Å². The molecule has 0 saturated carbocycles. The third-order valence-electron chi connectivity index (χ3n) is 4.10. The van der Waals surface area contributed by atoms with Gasteiger partial charge in [-0.2, -0.15) is 0 Å². The zero-order valence-electron chi connectivity index (χ0n) is 13.4. The Labute approximate surface area is 152 Å². The molecule has 4 nitrogen and oxygen atoms in total. The first-order chi connectivity index (χ1) is 12.0. The molecule has 0 fully saturated rings. The number of hydrogen-bond donors (Lipinski definition) is 1. The number of carbonyl (C=O) groups excluding carboxylic acids is 2. The third kappa shape index (κ3) is 2.69. The summed E-state index contributed by atoms with van der Waals surface area (Å²) >= 11 is 3.22. The van der Waals surface area contributed by atoms with E-state index in [4.69, 9.17) is 5.73 Å². The number of anilines is 1. The van der Waals surface area contributed by atoms with Gasteiger partial charge in [0, 0.05) is 33.1 Å². The van der Waals surface area contributed by atoms with Gasteiger partial charge in [0.15, 0.2) is 0 Å². The zero-order valence-corrected chi connectivity index (χ0v) is 15.0. The van der Waals surface area contributed by atoms with Crippen molar-refractivity contribution in [3.63, 3.8) is 0 Å². The fourth-order valence-electron chi connectivity index (χ4n) is 2.74. The molecule has 0 aliphatic rings. The Balaban J connectivity index is 1.67. The SMILES string of the molecule is CN(C(=O)c1cc2sc3ccccc3c2s1)c1ccc(C(N)=O)cc1. The summed E-state index contributed by atoms with van der Waals surface area (Å²) in [4.78, 5) is 26.3. The Morgan fingerprint density at radius 1 is 0.960 bits per heavy atom. The molecule has 0 spiro atoms. The maximum atomic E-state index is 12.8. The number of rotatable bonds is 3. The first kappa shape index (κ1) is 15.8. The van der Waals surface area contributed by atoms with Gasteiger partial charge in [-0.15, -0.1) is 22.7 Å². The maximum absolute atomic E-state index is 12.8. The highest BCUT2D eigenvalue weighted by Gasteiger charge is 2.18. The van der Waals surface area contributed by atoms with Crippen molar-refractivity contribution in [3.05, 3.63) is 65.0 Å². The number of thiophene rings is 2. The van der Waals surface area contributed by atoms with Crippen LogP contribution in [-0.2, 0) is 0 Å². The molecule has 25 heavy (non-hydrogen) atoms. The molecule has 0 bridgehead atoms. The second kappa shape index (κ2) is 5.98. The number of nitrogens with two attached hydrogens (primary N) is 1. The highest BCUT2D eigenvalue weighted by molar-refractivity contribution is 7.33.